The van der Waals surface area contributed by atoms with Crippen molar-refractivity contribution in [3.63, 3.8) is 0 Å². The van der Waals surface area contributed by atoms with Gasteiger partial charge in [-0.05, 0) is 28.5 Å². The molecule has 5 heterocycles. The molecule has 0 unspecified atom stereocenters. The van der Waals surface area contributed by atoms with Gasteiger partial charge in [0.15, 0.2) is 0 Å². The Morgan fingerprint density at radius 2 is 1.37 bits per heavy atom. The molecule has 0 aliphatic carbocycles. The Kier molecular flexibility index (Phi) is 7.55. The van der Waals surface area contributed by atoms with Crippen LogP contribution in [0.3, 0.4) is 0 Å². The predicted octanol–water partition coefficient (Wildman–Crippen LogP) is 11.5. The summed E-state index contributed by atoms with van der Waals surface area (Å²) in [6, 6.07) is 43.1. The fourth-order valence-corrected chi connectivity index (χ4v) is 8.39. The van der Waals surface area contributed by atoms with Crippen LogP contribution in [0.25, 0.3) is 66.3 Å². The van der Waals surface area contributed by atoms with Gasteiger partial charge in [-0.25, -0.2) is 9.97 Å². The van der Waals surface area contributed by atoms with Gasteiger partial charge in [0.05, 0.1) is 17.0 Å². The van der Waals surface area contributed by atoms with E-state index < -0.39 is 0 Å². The number of fused-ring (bicyclic) bond motifs is 6. The summed E-state index contributed by atoms with van der Waals surface area (Å²) in [5, 5.41) is 5.38. The third kappa shape index (κ3) is 4.78. The molecule has 7 heteroatoms. The second kappa shape index (κ2) is 11.8. The molecule has 0 saturated heterocycles. The van der Waals surface area contributed by atoms with Crippen LogP contribution in [0.15, 0.2) is 109 Å². The van der Waals surface area contributed by atoms with E-state index in [0.29, 0.717) is 17.4 Å². The first-order chi connectivity index (χ1) is 25.4. The van der Waals surface area contributed by atoms with Crippen molar-refractivity contribution in [2.75, 3.05) is 0 Å². The minimum absolute atomic E-state index is 0. The Morgan fingerprint density at radius 3 is 2.15 bits per heavy atom. The maximum Gasteiger partial charge on any atom is 2.00 e. The van der Waals surface area contributed by atoms with Crippen LogP contribution in [-0.2, 0) is 37.3 Å². The van der Waals surface area contributed by atoms with Crippen molar-refractivity contribution < 1.29 is 25.8 Å². The first-order valence-electron chi connectivity index (χ1n) is 18.3. The summed E-state index contributed by atoms with van der Waals surface area (Å²) >= 11 is 0. The fourth-order valence-electron chi connectivity index (χ4n) is 8.39. The predicted molar refractivity (Wildman–Crippen MR) is 215 cm³/mol. The third-order valence-electron chi connectivity index (χ3n) is 11.8. The Bertz CT molecular complexity index is 2970. The zero-order valence-corrected chi connectivity index (χ0v) is 33.6. The normalized spacial score (nSPS) is 14.7. The van der Waals surface area contributed by atoms with Crippen molar-refractivity contribution in [3.8, 4) is 28.7 Å². The van der Waals surface area contributed by atoms with Crippen LogP contribution in [0.5, 0.6) is 11.5 Å². The minimum Gasteiger partial charge on any atom is -0.503 e. The van der Waals surface area contributed by atoms with E-state index in [-0.39, 0.29) is 37.3 Å². The summed E-state index contributed by atoms with van der Waals surface area (Å²) in [6.45, 7) is 15.9. The molecule has 268 valence electrons. The van der Waals surface area contributed by atoms with Crippen LogP contribution < -0.4 is 4.74 Å². The van der Waals surface area contributed by atoms with Gasteiger partial charge in [0, 0.05) is 56.2 Å². The number of hydrogen-bond acceptors (Lipinski definition) is 4. The Balaban J connectivity index is 0.00000384. The van der Waals surface area contributed by atoms with Crippen LogP contribution in [0.1, 0.15) is 65.4 Å². The first-order valence-corrected chi connectivity index (χ1v) is 18.3. The Labute approximate surface area is 329 Å². The van der Waals surface area contributed by atoms with Gasteiger partial charge in [0.1, 0.15) is 0 Å². The molecule has 10 rings (SSSR count). The second-order valence-electron chi connectivity index (χ2n) is 16.4. The largest absolute Gasteiger partial charge is 2.00 e. The SMILES string of the molecule is CC(C)(C)c1ccnc(-n2c3[c-]c(Oc4[c-]c5c(cc4)c4cccc6c4n4c(c(-c7ccccc7)nc54)C(C)(C)C6(C)C)ccc3c3ccccc32)n1.[Pt+2]. The molecule has 0 fully saturated rings. The van der Waals surface area contributed by atoms with E-state index in [9.17, 15) is 0 Å². The number of aromatic nitrogens is 5. The summed E-state index contributed by atoms with van der Waals surface area (Å²) in [5.41, 5.74) is 9.13. The van der Waals surface area contributed by atoms with Gasteiger partial charge >= 0.3 is 21.1 Å². The summed E-state index contributed by atoms with van der Waals surface area (Å²) < 4.78 is 11.1. The monoisotopic (exact) mass is 884 g/mol. The van der Waals surface area contributed by atoms with Gasteiger partial charge in [-0.15, -0.1) is 29.7 Å². The van der Waals surface area contributed by atoms with Crippen molar-refractivity contribution >= 4 is 49.1 Å². The summed E-state index contributed by atoms with van der Waals surface area (Å²) in [6.07, 6.45) is 1.84. The Morgan fingerprint density at radius 1 is 0.667 bits per heavy atom. The molecule has 1 aliphatic rings. The minimum atomic E-state index is -0.223. The van der Waals surface area contributed by atoms with Crippen molar-refractivity contribution in [2.45, 2.75) is 64.7 Å². The van der Waals surface area contributed by atoms with Gasteiger partial charge in [0.25, 0.3) is 0 Å². The van der Waals surface area contributed by atoms with E-state index in [1.54, 1.807) is 0 Å². The van der Waals surface area contributed by atoms with Crippen molar-refractivity contribution in [3.05, 3.63) is 138 Å². The van der Waals surface area contributed by atoms with E-state index in [1.807, 2.05) is 30.5 Å². The standard InChI is InChI=1S/C47H39N5O.Pt/c1-45(2,3)39-24-25-48-44(49-39)51-37-19-12-11-16-32(37)33-23-21-30(27-38(33)51)53-29-20-22-31-34-17-13-18-36-41(34)52-42(47(6,7)46(36,4)5)40(28-14-9-8-10-15-28)50-43(52)35(31)26-29;/h8-25H,1-7H3;/q-2;+2. The summed E-state index contributed by atoms with van der Waals surface area (Å²) in [5.74, 6) is 1.79. The average molecular weight is 885 g/mol. The molecule has 54 heavy (non-hydrogen) atoms. The maximum atomic E-state index is 6.65. The van der Waals surface area contributed by atoms with E-state index in [0.717, 1.165) is 55.2 Å². The molecule has 9 aromatic rings. The topological polar surface area (TPSA) is 57.2 Å². The quantitative estimate of drug-likeness (QED) is 0.131. The number of ether oxygens (including phenoxy) is 1. The van der Waals surface area contributed by atoms with Crippen molar-refractivity contribution in [1.82, 2.24) is 23.9 Å². The number of pyridine rings is 1. The van der Waals surface area contributed by atoms with E-state index in [4.69, 9.17) is 19.7 Å². The van der Waals surface area contributed by atoms with Gasteiger partial charge in [0.2, 0.25) is 5.95 Å². The average Bonchev–Trinajstić information content (AvgIpc) is 3.72. The van der Waals surface area contributed by atoms with Gasteiger partial charge < -0.3 is 13.7 Å². The van der Waals surface area contributed by atoms with E-state index >= 15 is 0 Å². The van der Waals surface area contributed by atoms with Crippen molar-refractivity contribution in [2.24, 2.45) is 0 Å². The smallest absolute Gasteiger partial charge is 0.503 e. The first kappa shape index (κ1) is 34.4. The molecule has 0 saturated carbocycles. The van der Waals surface area contributed by atoms with Crippen LogP contribution >= 0.6 is 0 Å². The fraction of sp³-hybridized carbons (Fsp3) is 0.213. The molecule has 0 bridgehead atoms. The molecule has 0 radical (unpaired) electrons. The van der Waals surface area contributed by atoms with Crippen LogP contribution in [0.2, 0.25) is 0 Å². The third-order valence-corrected chi connectivity index (χ3v) is 11.8. The molecule has 1 aliphatic heterocycles. The molecule has 0 N–H and O–H groups in total. The van der Waals surface area contributed by atoms with Gasteiger partial charge in [-0.1, -0.05) is 138 Å². The zero-order valence-electron chi connectivity index (χ0n) is 31.4. The molecule has 0 amide bonds. The van der Waals surface area contributed by atoms with Crippen LogP contribution in [0.4, 0.5) is 0 Å². The molecular weight excluding hydrogens is 846 g/mol. The number of benzene rings is 5. The molecule has 5 aromatic carbocycles. The molecule has 4 aromatic heterocycles. The maximum absolute atomic E-state index is 6.65. The molecule has 0 spiro atoms. The summed E-state index contributed by atoms with van der Waals surface area (Å²) in [4.78, 5) is 15.2. The summed E-state index contributed by atoms with van der Waals surface area (Å²) in [7, 11) is 0. The van der Waals surface area contributed by atoms with E-state index in [2.05, 4.69) is 148 Å². The number of imidazole rings is 1. The number of hydrogen-bond donors (Lipinski definition) is 0. The zero-order chi connectivity index (χ0) is 36.4. The van der Waals surface area contributed by atoms with E-state index in [1.165, 1.54) is 22.2 Å². The van der Waals surface area contributed by atoms with Gasteiger partial charge in [-0.3, -0.25) is 4.98 Å². The molecule has 0 atom stereocenters. The van der Waals surface area contributed by atoms with Crippen LogP contribution in [0, 0.1) is 12.1 Å². The second-order valence-corrected chi connectivity index (χ2v) is 16.4. The number of nitrogens with zero attached hydrogens (tertiary/aromatic N) is 5. The van der Waals surface area contributed by atoms with Crippen LogP contribution in [-0.4, -0.2) is 23.9 Å². The molecule has 6 nitrogen and oxygen atoms in total. The number of rotatable bonds is 4. The Hall–Kier alpha value is -5.32. The van der Waals surface area contributed by atoms with Gasteiger partial charge in [-0.2, -0.15) is 6.07 Å². The number of para-hydroxylation sites is 2. The molecular formula is C47H39N5OPt. The van der Waals surface area contributed by atoms with Crippen molar-refractivity contribution in [1.29, 1.82) is 0 Å².